The van der Waals surface area contributed by atoms with Crippen molar-refractivity contribution in [1.29, 1.82) is 0 Å². The lowest BCUT2D eigenvalue weighted by atomic mass is 9.89. The quantitative estimate of drug-likeness (QED) is 0.803. The van der Waals surface area contributed by atoms with E-state index in [1.165, 1.54) is 0 Å². The Morgan fingerprint density at radius 2 is 2.10 bits per heavy atom. The topological polar surface area (TPSA) is 83.6 Å². The molecule has 1 aromatic carbocycles. The number of carbonyl (C=O) groups is 2. The normalized spacial score (nSPS) is 27.9. The summed E-state index contributed by atoms with van der Waals surface area (Å²) in [6, 6.07) is 5.19. The van der Waals surface area contributed by atoms with Crippen LogP contribution < -0.4 is 5.73 Å². The molecule has 2 heterocycles. The largest absolute Gasteiger partial charge is 0.481 e. The number of amides is 1. The third-order valence-corrected chi connectivity index (χ3v) is 4.61. The molecule has 0 saturated carbocycles. The Kier molecular flexibility index (Phi) is 2.92. The standard InChI is InChI=1S/C15H18N2O3/c1-8-2-3-9(6-12(8)16)14(18)17-10-4-5-13(17)11(7-10)15(19)20/h2-3,6,10-11,13H,4-5,7,16H2,1H3,(H,19,20). The number of nitrogen functional groups attached to an aromatic ring is 1. The second-order valence-electron chi connectivity index (χ2n) is 5.76. The first-order valence-electron chi connectivity index (χ1n) is 6.90. The van der Waals surface area contributed by atoms with Gasteiger partial charge in [-0.2, -0.15) is 0 Å². The van der Waals surface area contributed by atoms with Gasteiger partial charge in [0.15, 0.2) is 0 Å². The fraction of sp³-hybridized carbons (Fsp3) is 0.467. The van der Waals surface area contributed by atoms with Crippen LogP contribution in [0.1, 0.15) is 35.2 Å². The van der Waals surface area contributed by atoms with Gasteiger partial charge in [-0.3, -0.25) is 9.59 Å². The molecule has 2 bridgehead atoms. The Morgan fingerprint density at radius 1 is 1.35 bits per heavy atom. The number of benzene rings is 1. The summed E-state index contributed by atoms with van der Waals surface area (Å²) in [5.74, 6) is -1.30. The van der Waals surface area contributed by atoms with Crippen LogP contribution in [0.25, 0.3) is 0 Å². The Morgan fingerprint density at radius 3 is 2.70 bits per heavy atom. The maximum Gasteiger partial charge on any atom is 0.308 e. The second-order valence-corrected chi connectivity index (χ2v) is 5.76. The fourth-order valence-electron chi connectivity index (χ4n) is 3.49. The number of nitrogens with zero attached hydrogens (tertiary/aromatic N) is 1. The lowest BCUT2D eigenvalue weighted by Gasteiger charge is -2.23. The minimum Gasteiger partial charge on any atom is -0.481 e. The highest BCUT2D eigenvalue weighted by Crippen LogP contribution is 2.42. The van der Waals surface area contributed by atoms with Gasteiger partial charge in [0.25, 0.3) is 5.91 Å². The van der Waals surface area contributed by atoms with Crippen molar-refractivity contribution in [3.8, 4) is 0 Å². The highest BCUT2D eigenvalue weighted by atomic mass is 16.4. The zero-order valence-electron chi connectivity index (χ0n) is 11.4. The van der Waals surface area contributed by atoms with E-state index in [9.17, 15) is 14.7 Å². The summed E-state index contributed by atoms with van der Waals surface area (Å²) in [5.41, 5.74) is 7.94. The van der Waals surface area contributed by atoms with Crippen molar-refractivity contribution >= 4 is 17.6 Å². The minimum absolute atomic E-state index is 0.0659. The Bertz CT molecular complexity index is 584. The first kappa shape index (κ1) is 13.0. The van der Waals surface area contributed by atoms with Crippen LogP contribution in [-0.2, 0) is 4.79 Å². The zero-order valence-corrected chi connectivity index (χ0v) is 11.4. The van der Waals surface area contributed by atoms with Gasteiger partial charge in [-0.25, -0.2) is 0 Å². The molecule has 3 atom stereocenters. The highest BCUT2D eigenvalue weighted by Gasteiger charge is 2.51. The van der Waals surface area contributed by atoms with Gasteiger partial charge < -0.3 is 15.7 Å². The number of aliphatic carboxylic acids is 1. The highest BCUT2D eigenvalue weighted by molar-refractivity contribution is 5.96. The number of nitrogens with two attached hydrogens (primary N) is 1. The Balaban J connectivity index is 1.88. The SMILES string of the molecule is Cc1ccc(C(=O)N2C3CCC2C(C(=O)O)C3)cc1N. The molecule has 3 unspecified atom stereocenters. The molecule has 20 heavy (non-hydrogen) atoms. The first-order valence-corrected chi connectivity index (χ1v) is 6.90. The molecular formula is C15H18N2O3. The summed E-state index contributed by atoms with van der Waals surface area (Å²) in [6.07, 6.45) is 2.27. The van der Waals surface area contributed by atoms with E-state index in [0.29, 0.717) is 17.7 Å². The van der Waals surface area contributed by atoms with E-state index in [-0.39, 0.29) is 18.0 Å². The Hall–Kier alpha value is -2.04. The van der Waals surface area contributed by atoms with Crippen molar-refractivity contribution in [2.45, 2.75) is 38.3 Å². The van der Waals surface area contributed by atoms with Crippen molar-refractivity contribution in [3.63, 3.8) is 0 Å². The van der Waals surface area contributed by atoms with Gasteiger partial charge in [0.2, 0.25) is 0 Å². The molecule has 3 rings (SSSR count). The van der Waals surface area contributed by atoms with Crippen molar-refractivity contribution in [2.24, 2.45) is 5.92 Å². The van der Waals surface area contributed by atoms with Crippen LogP contribution in [0, 0.1) is 12.8 Å². The summed E-state index contributed by atoms with van der Waals surface area (Å²) >= 11 is 0. The molecule has 2 aliphatic rings. The molecule has 1 aromatic rings. The van der Waals surface area contributed by atoms with Gasteiger partial charge in [-0.1, -0.05) is 6.07 Å². The van der Waals surface area contributed by atoms with E-state index in [0.717, 1.165) is 18.4 Å². The molecule has 106 valence electrons. The number of hydrogen-bond donors (Lipinski definition) is 2. The minimum atomic E-state index is -0.793. The maximum absolute atomic E-state index is 12.6. The van der Waals surface area contributed by atoms with Crippen LogP contribution in [0.4, 0.5) is 5.69 Å². The van der Waals surface area contributed by atoms with Gasteiger partial charge >= 0.3 is 5.97 Å². The van der Waals surface area contributed by atoms with Crippen LogP contribution in [0.15, 0.2) is 18.2 Å². The molecule has 2 fully saturated rings. The third kappa shape index (κ3) is 1.85. The van der Waals surface area contributed by atoms with Gasteiger partial charge in [0.1, 0.15) is 0 Å². The van der Waals surface area contributed by atoms with Crippen molar-refractivity contribution < 1.29 is 14.7 Å². The zero-order chi connectivity index (χ0) is 14.4. The molecule has 0 radical (unpaired) electrons. The number of anilines is 1. The van der Waals surface area contributed by atoms with E-state index in [1.54, 1.807) is 17.0 Å². The van der Waals surface area contributed by atoms with E-state index in [2.05, 4.69) is 0 Å². The summed E-state index contributed by atoms with van der Waals surface area (Å²) in [6.45, 7) is 1.89. The number of aryl methyl sites for hydroxylation is 1. The number of hydrogen-bond acceptors (Lipinski definition) is 3. The van der Waals surface area contributed by atoms with Crippen LogP contribution in [0.3, 0.4) is 0 Å². The molecule has 5 heteroatoms. The molecule has 0 spiro atoms. The van der Waals surface area contributed by atoms with E-state index < -0.39 is 11.9 Å². The molecule has 3 N–H and O–H groups in total. The second kappa shape index (κ2) is 4.51. The van der Waals surface area contributed by atoms with Crippen molar-refractivity contribution in [3.05, 3.63) is 29.3 Å². The average Bonchev–Trinajstić information content (AvgIpc) is 2.98. The Labute approximate surface area is 117 Å². The lowest BCUT2D eigenvalue weighted by Crippen LogP contribution is -2.37. The molecule has 2 saturated heterocycles. The summed E-state index contributed by atoms with van der Waals surface area (Å²) in [5, 5.41) is 9.23. The number of carboxylic acids is 1. The maximum atomic E-state index is 12.6. The number of fused-ring (bicyclic) bond motifs is 2. The van der Waals surface area contributed by atoms with Crippen LogP contribution >= 0.6 is 0 Å². The number of carboxylic acid groups (broad SMARTS) is 1. The van der Waals surface area contributed by atoms with Crippen molar-refractivity contribution in [1.82, 2.24) is 4.90 Å². The lowest BCUT2D eigenvalue weighted by molar-refractivity contribution is -0.142. The van der Waals surface area contributed by atoms with Crippen LogP contribution in [0.5, 0.6) is 0 Å². The van der Waals surface area contributed by atoms with Gasteiger partial charge in [0.05, 0.1) is 5.92 Å². The molecule has 1 amide bonds. The van der Waals surface area contributed by atoms with E-state index in [1.807, 2.05) is 13.0 Å². The molecule has 0 aliphatic carbocycles. The summed E-state index contributed by atoms with van der Waals surface area (Å²) < 4.78 is 0. The fourth-order valence-corrected chi connectivity index (χ4v) is 3.49. The average molecular weight is 274 g/mol. The van der Waals surface area contributed by atoms with E-state index in [4.69, 9.17) is 5.73 Å². The monoisotopic (exact) mass is 274 g/mol. The van der Waals surface area contributed by atoms with Crippen LogP contribution in [-0.4, -0.2) is 34.0 Å². The summed E-state index contributed by atoms with van der Waals surface area (Å²) in [4.78, 5) is 25.6. The van der Waals surface area contributed by atoms with E-state index >= 15 is 0 Å². The first-order chi connectivity index (χ1) is 9.49. The van der Waals surface area contributed by atoms with Gasteiger partial charge in [0, 0.05) is 23.3 Å². The summed E-state index contributed by atoms with van der Waals surface area (Å²) in [7, 11) is 0. The van der Waals surface area contributed by atoms with Crippen LogP contribution in [0.2, 0.25) is 0 Å². The predicted molar refractivity (Wildman–Crippen MR) is 74.3 cm³/mol. The van der Waals surface area contributed by atoms with Gasteiger partial charge in [-0.15, -0.1) is 0 Å². The third-order valence-electron chi connectivity index (χ3n) is 4.61. The molecule has 0 aromatic heterocycles. The smallest absolute Gasteiger partial charge is 0.308 e. The molecule has 5 nitrogen and oxygen atoms in total. The number of rotatable bonds is 2. The van der Waals surface area contributed by atoms with Crippen molar-refractivity contribution in [2.75, 3.05) is 5.73 Å². The molecular weight excluding hydrogens is 256 g/mol. The molecule has 2 aliphatic heterocycles. The number of carbonyl (C=O) groups excluding carboxylic acids is 1. The predicted octanol–water partition coefficient (Wildman–Crippen LogP) is 1.65. The van der Waals surface area contributed by atoms with Gasteiger partial charge in [-0.05, 0) is 43.9 Å².